The molecule has 1 atom stereocenters. The number of aldehydes is 1. The smallest absolute Gasteiger partial charge is 0.162 e. The van der Waals surface area contributed by atoms with Gasteiger partial charge in [-0.25, -0.2) is 9.97 Å². The first-order valence-corrected chi connectivity index (χ1v) is 5.69. The van der Waals surface area contributed by atoms with Crippen LogP contribution in [-0.2, 0) is 11.3 Å². The maximum atomic E-state index is 11.1. The van der Waals surface area contributed by atoms with Crippen molar-refractivity contribution in [2.45, 2.75) is 12.7 Å². The molecular formula is C11H9ClN4O2. The van der Waals surface area contributed by atoms with Crippen molar-refractivity contribution in [1.82, 2.24) is 9.97 Å². The molecule has 3 heterocycles. The summed E-state index contributed by atoms with van der Waals surface area (Å²) in [7, 11) is 0. The van der Waals surface area contributed by atoms with E-state index in [-0.39, 0.29) is 0 Å². The lowest BCUT2D eigenvalue weighted by molar-refractivity contribution is -0.108. The summed E-state index contributed by atoms with van der Waals surface area (Å²) in [4.78, 5) is 20.9. The van der Waals surface area contributed by atoms with Crippen molar-refractivity contribution in [1.29, 1.82) is 0 Å². The van der Waals surface area contributed by atoms with Crippen LogP contribution in [0, 0.1) is 0 Å². The fourth-order valence-corrected chi connectivity index (χ4v) is 2.09. The Labute approximate surface area is 108 Å². The maximum absolute atomic E-state index is 11.1. The van der Waals surface area contributed by atoms with Gasteiger partial charge in [-0.05, 0) is 12.1 Å². The average molecular weight is 265 g/mol. The summed E-state index contributed by atoms with van der Waals surface area (Å²) < 4.78 is 5.27. The molecule has 18 heavy (non-hydrogen) atoms. The van der Waals surface area contributed by atoms with Crippen molar-refractivity contribution >= 4 is 29.4 Å². The molecule has 0 bridgehead atoms. The fourth-order valence-electron chi connectivity index (χ4n) is 1.91. The number of aromatic nitrogens is 2. The minimum Gasteiger partial charge on any atom is -0.467 e. The highest BCUT2D eigenvalue weighted by Gasteiger charge is 2.32. The first-order chi connectivity index (χ1) is 8.79. The Balaban J connectivity index is 1.97. The molecule has 0 spiro atoms. The van der Waals surface area contributed by atoms with Crippen LogP contribution >= 0.6 is 11.6 Å². The molecule has 2 aromatic heterocycles. The zero-order chi connectivity index (χ0) is 12.5. The van der Waals surface area contributed by atoms with E-state index >= 15 is 0 Å². The molecule has 2 aromatic rings. The lowest BCUT2D eigenvalue weighted by Crippen LogP contribution is -2.36. The minimum absolute atomic E-state index is 0.300. The summed E-state index contributed by atoms with van der Waals surface area (Å²) >= 11 is 5.96. The molecule has 1 aliphatic rings. The molecular weight excluding hydrogens is 256 g/mol. The third kappa shape index (κ3) is 1.70. The second kappa shape index (κ2) is 4.30. The van der Waals surface area contributed by atoms with Crippen molar-refractivity contribution in [2.75, 3.05) is 10.2 Å². The van der Waals surface area contributed by atoms with E-state index in [1.54, 1.807) is 17.2 Å². The van der Waals surface area contributed by atoms with Gasteiger partial charge in [0.2, 0.25) is 0 Å². The zero-order valence-electron chi connectivity index (χ0n) is 9.21. The van der Waals surface area contributed by atoms with Gasteiger partial charge < -0.3 is 14.6 Å². The summed E-state index contributed by atoms with van der Waals surface area (Å²) in [5.74, 6) is 1.34. The van der Waals surface area contributed by atoms with Crippen LogP contribution in [0.15, 0.2) is 29.1 Å². The van der Waals surface area contributed by atoms with E-state index in [1.807, 2.05) is 6.07 Å². The van der Waals surface area contributed by atoms with Crippen molar-refractivity contribution in [3.8, 4) is 0 Å². The van der Waals surface area contributed by atoms with E-state index in [9.17, 15) is 4.79 Å². The van der Waals surface area contributed by atoms with Crippen molar-refractivity contribution in [2.24, 2.45) is 0 Å². The molecule has 0 fully saturated rings. The van der Waals surface area contributed by atoms with E-state index in [4.69, 9.17) is 16.0 Å². The normalized spacial score (nSPS) is 17.4. The molecule has 0 saturated carbocycles. The monoisotopic (exact) mass is 264 g/mol. The Morgan fingerprint density at radius 2 is 2.44 bits per heavy atom. The number of rotatable bonds is 3. The van der Waals surface area contributed by atoms with Crippen LogP contribution in [0.3, 0.4) is 0 Å². The number of halogens is 1. The number of furan rings is 1. The molecule has 0 amide bonds. The number of carbonyl (C=O) groups is 1. The minimum atomic E-state index is -0.515. The molecule has 1 aliphatic heterocycles. The molecule has 0 saturated heterocycles. The highest BCUT2D eigenvalue weighted by molar-refractivity contribution is 6.32. The van der Waals surface area contributed by atoms with Gasteiger partial charge in [-0.3, -0.25) is 4.79 Å². The maximum Gasteiger partial charge on any atom is 0.162 e. The van der Waals surface area contributed by atoms with E-state index in [0.717, 1.165) is 12.0 Å². The largest absolute Gasteiger partial charge is 0.467 e. The van der Waals surface area contributed by atoms with Crippen LogP contribution in [0.2, 0.25) is 5.15 Å². The first-order valence-electron chi connectivity index (χ1n) is 5.31. The van der Waals surface area contributed by atoms with Crippen LogP contribution < -0.4 is 10.2 Å². The molecule has 7 heteroatoms. The van der Waals surface area contributed by atoms with Gasteiger partial charge in [0.15, 0.2) is 23.4 Å². The second-order valence-corrected chi connectivity index (χ2v) is 4.15. The summed E-state index contributed by atoms with van der Waals surface area (Å²) in [6, 6.07) is 3.63. The number of nitrogens with zero attached hydrogens (tertiary/aromatic N) is 3. The molecule has 3 rings (SSSR count). The van der Waals surface area contributed by atoms with Gasteiger partial charge in [-0.2, -0.15) is 0 Å². The molecule has 92 valence electrons. The SMILES string of the molecule is O=CC1Nc2c(Cl)ncnc2N1Cc1ccco1. The Hall–Kier alpha value is -2.08. The van der Waals surface area contributed by atoms with E-state index < -0.39 is 6.17 Å². The van der Waals surface area contributed by atoms with Gasteiger partial charge in [-0.15, -0.1) is 0 Å². The standard InChI is InChI=1S/C11H9ClN4O2/c12-10-9-11(14-6-13-10)16(8(5-17)15-9)4-7-2-1-3-18-7/h1-3,5-6,8,15H,4H2. The number of carbonyl (C=O) groups excluding carboxylic acids is 1. The van der Waals surface area contributed by atoms with Crippen molar-refractivity contribution in [3.63, 3.8) is 0 Å². The number of fused-ring (bicyclic) bond motifs is 1. The molecule has 0 aromatic carbocycles. The van der Waals surface area contributed by atoms with Gasteiger partial charge in [0.25, 0.3) is 0 Å². The summed E-state index contributed by atoms with van der Waals surface area (Å²) in [5.41, 5.74) is 0.572. The van der Waals surface area contributed by atoms with Gasteiger partial charge in [0.05, 0.1) is 12.8 Å². The van der Waals surface area contributed by atoms with E-state index in [0.29, 0.717) is 23.2 Å². The topological polar surface area (TPSA) is 71.3 Å². The number of hydrogen-bond acceptors (Lipinski definition) is 6. The zero-order valence-corrected chi connectivity index (χ0v) is 9.96. The molecule has 1 unspecified atom stereocenters. The van der Waals surface area contributed by atoms with Gasteiger partial charge in [-0.1, -0.05) is 11.6 Å². The van der Waals surface area contributed by atoms with Crippen LogP contribution in [0.1, 0.15) is 5.76 Å². The Kier molecular flexibility index (Phi) is 2.64. The predicted octanol–water partition coefficient (Wildman–Crippen LogP) is 1.68. The van der Waals surface area contributed by atoms with E-state index in [1.165, 1.54) is 6.33 Å². The Morgan fingerprint density at radius 1 is 1.56 bits per heavy atom. The summed E-state index contributed by atoms with van der Waals surface area (Å²) in [5, 5.41) is 3.27. The Bertz CT molecular complexity index is 572. The van der Waals surface area contributed by atoms with Crippen LogP contribution in [0.5, 0.6) is 0 Å². The number of nitrogens with one attached hydrogen (secondary N) is 1. The van der Waals surface area contributed by atoms with Crippen LogP contribution in [-0.4, -0.2) is 22.4 Å². The molecule has 0 radical (unpaired) electrons. The summed E-state index contributed by atoms with van der Waals surface area (Å²) in [6.07, 6.45) is 3.23. The molecule has 0 aliphatic carbocycles. The average Bonchev–Trinajstić information content (AvgIpc) is 2.99. The third-order valence-electron chi connectivity index (χ3n) is 2.72. The van der Waals surface area contributed by atoms with Gasteiger partial charge in [0.1, 0.15) is 17.8 Å². The van der Waals surface area contributed by atoms with Gasteiger partial charge in [0, 0.05) is 0 Å². The third-order valence-corrected chi connectivity index (χ3v) is 3.00. The molecule has 1 N–H and O–H groups in total. The summed E-state index contributed by atoms with van der Waals surface area (Å²) in [6.45, 7) is 0.434. The van der Waals surface area contributed by atoms with E-state index in [2.05, 4.69) is 15.3 Å². The van der Waals surface area contributed by atoms with Crippen molar-refractivity contribution in [3.05, 3.63) is 35.6 Å². The first kappa shape index (κ1) is 11.0. The number of hydrogen-bond donors (Lipinski definition) is 1. The Morgan fingerprint density at radius 3 is 3.17 bits per heavy atom. The fraction of sp³-hybridized carbons (Fsp3) is 0.182. The second-order valence-electron chi connectivity index (χ2n) is 3.80. The quantitative estimate of drug-likeness (QED) is 0.672. The molecule has 6 nitrogen and oxygen atoms in total. The van der Waals surface area contributed by atoms with Crippen molar-refractivity contribution < 1.29 is 9.21 Å². The van der Waals surface area contributed by atoms with Crippen LogP contribution in [0.25, 0.3) is 0 Å². The highest BCUT2D eigenvalue weighted by Crippen LogP contribution is 2.36. The van der Waals surface area contributed by atoms with Gasteiger partial charge >= 0.3 is 0 Å². The highest BCUT2D eigenvalue weighted by atomic mass is 35.5. The van der Waals surface area contributed by atoms with Crippen LogP contribution in [0.4, 0.5) is 11.5 Å². The predicted molar refractivity (Wildman–Crippen MR) is 65.4 cm³/mol. The lowest BCUT2D eigenvalue weighted by Gasteiger charge is -2.20. The number of anilines is 2. The lowest BCUT2D eigenvalue weighted by atomic mass is 10.3.